The molecule has 6 rings (SSSR count). The Morgan fingerprint density at radius 2 is 1.91 bits per heavy atom. The van der Waals surface area contributed by atoms with Gasteiger partial charge in [-0.1, -0.05) is 29.8 Å². The number of amides is 1. The number of rotatable bonds is 2. The zero-order valence-electron chi connectivity index (χ0n) is 26.0. The van der Waals surface area contributed by atoms with Crippen molar-refractivity contribution in [3.05, 3.63) is 70.3 Å². The number of aliphatic hydroxyl groups excluding tert-OH is 1. The third-order valence-electron chi connectivity index (χ3n) is 10.1. The maximum absolute atomic E-state index is 13.8. The van der Waals surface area contributed by atoms with Crippen LogP contribution in [0.5, 0.6) is 5.75 Å². The van der Waals surface area contributed by atoms with Crippen LogP contribution in [0.25, 0.3) is 0 Å². The smallest absolute Gasteiger partial charge is 0.304 e. The summed E-state index contributed by atoms with van der Waals surface area (Å²) in [4.78, 5) is 15.9. The molecule has 9 nitrogen and oxygen atoms in total. The summed E-state index contributed by atoms with van der Waals surface area (Å²) in [7, 11) is -2.56. The normalized spacial score (nSPS) is 31.5. The van der Waals surface area contributed by atoms with E-state index in [4.69, 9.17) is 21.1 Å². The molecule has 0 saturated heterocycles. The Kier molecular flexibility index (Phi) is 9.78. The van der Waals surface area contributed by atoms with E-state index in [1.807, 2.05) is 37.3 Å². The van der Waals surface area contributed by atoms with E-state index in [-0.39, 0.29) is 29.5 Å². The highest BCUT2D eigenvalue weighted by atomic mass is 35.5. The molecule has 1 unspecified atom stereocenters. The highest BCUT2D eigenvalue weighted by molar-refractivity contribution is 7.87. The van der Waals surface area contributed by atoms with Crippen LogP contribution in [0.4, 0.5) is 5.69 Å². The number of carbonyl (C=O) groups is 1. The lowest BCUT2D eigenvalue weighted by Gasteiger charge is -2.44. The molecule has 2 heterocycles. The molecule has 4 atom stereocenters. The van der Waals surface area contributed by atoms with Crippen LogP contribution in [0.1, 0.15) is 73.4 Å². The van der Waals surface area contributed by atoms with Gasteiger partial charge in [0.15, 0.2) is 0 Å². The molecule has 2 saturated carbocycles. The molecule has 4 aliphatic rings. The average Bonchev–Trinajstić information content (AvgIpc) is 2.99. The van der Waals surface area contributed by atoms with Crippen LogP contribution < -0.4 is 14.4 Å². The summed E-state index contributed by atoms with van der Waals surface area (Å²) < 4.78 is 43.2. The van der Waals surface area contributed by atoms with Gasteiger partial charge in [0, 0.05) is 42.9 Å². The molecule has 2 bridgehead atoms. The van der Waals surface area contributed by atoms with Crippen LogP contribution in [0.15, 0.2) is 48.6 Å². The van der Waals surface area contributed by atoms with E-state index in [9.17, 15) is 18.3 Å². The molecule has 45 heavy (non-hydrogen) atoms. The van der Waals surface area contributed by atoms with Gasteiger partial charge in [0.1, 0.15) is 12.4 Å². The monoisotopic (exact) mass is 657 g/mol. The Morgan fingerprint density at radius 3 is 2.67 bits per heavy atom. The molecule has 2 aliphatic carbocycles. The Hall–Kier alpha value is -2.63. The van der Waals surface area contributed by atoms with Gasteiger partial charge in [-0.05, 0) is 112 Å². The van der Waals surface area contributed by atoms with E-state index in [0.29, 0.717) is 43.2 Å². The maximum Gasteiger partial charge on any atom is 0.304 e. The van der Waals surface area contributed by atoms with Crippen molar-refractivity contribution in [2.45, 2.75) is 89.2 Å². The number of anilines is 1. The number of methoxy groups -OCH3 is 1. The number of fused-ring (bicyclic) bond motifs is 3. The van der Waals surface area contributed by atoms with Crippen molar-refractivity contribution in [1.29, 1.82) is 0 Å². The molecular formula is C34H44ClN3O6S. The molecule has 2 fully saturated rings. The van der Waals surface area contributed by atoms with Gasteiger partial charge in [0.2, 0.25) is 0 Å². The summed E-state index contributed by atoms with van der Waals surface area (Å²) in [6.45, 7) is 3.63. The number of hydrogen-bond donors (Lipinski definition) is 2. The van der Waals surface area contributed by atoms with Gasteiger partial charge in [0.05, 0.1) is 17.9 Å². The first-order valence-electron chi connectivity index (χ1n) is 16.1. The highest BCUT2D eigenvalue weighted by Crippen LogP contribution is 2.41. The molecule has 1 amide bonds. The molecule has 2 aromatic carbocycles. The van der Waals surface area contributed by atoms with E-state index < -0.39 is 28.3 Å². The Balaban J connectivity index is 1.37. The summed E-state index contributed by atoms with van der Waals surface area (Å²) in [5, 5.41) is 11.9. The van der Waals surface area contributed by atoms with E-state index in [0.717, 1.165) is 49.9 Å². The first kappa shape index (κ1) is 32.3. The van der Waals surface area contributed by atoms with Gasteiger partial charge in [-0.2, -0.15) is 12.7 Å². The third-order valence-corrected chi connectivity index (χ3v) is 12.0. The number of nitrogens with zero attached hydrogens (tertiary/aromatic N) is 2. The van der Waals surface area contributed by atoms with Crippen LogP contribution in [0, 0.1) is 11.8 Å². The molecule has 2 N–H and O–H groups in total. The Morgan fingerprint density at radius 1 is 1.09 bits per heavy atom. The quantitative estimate of drug-likeness (QED) is 0.425. The van der Waals surface area contributed by atoms with Crippen molar-refractivity contribution in [2.75, 3.05) is 25.1 Å². The van der Waals surface area contributed by atoms with E-state index in [1.165, 1.54) is 9.87 Å². The van der Waals surface area contributed by atoms with Crippen LogP contribution in [0.2, 0.25) is 5.02 Å². The van der Waals surface area contributed by atoms with Gasteiger partial charge in [-0.3, -0.25) is 4.79 Å². The number of halogens is 1. The van der Waals surface area contributed by atoms with Gasteiger partial charge in [0.25, 0.3) is 5.91 Å². The van der Waals surface area contributed by atoms with E-state index >= 15 is 0 Å². The molecular weight excluding hydrogens is 614 g/mol. The molecule has 0 spiro atoms. The number of ether oxygens (including phenoxy) is 2. The fraction of sp³-hybridized carbons (Fsp3) is 0.559. The van der Waals surface area contributed by atoms with Crippen LogP contribution in [-0.4, -0.2) is 68.2 Å². The number of aliphatic hydroxyl groups is 1. The fourth-order valence-corrected chi connectivity index (χ4v) is 9.03. The van der Waals surface area contributed by atoms with Crippen molar-refractivity contribution in [1.82, 2.24) is 9.03 Å². The van der Waals surface area contributed by atoms with E-state index in [2.05, 4.69) is 9.62 Å². The van der Waals surface area contributed by atoms with E-state index in [1.54, 1.807) is 25.3 Å². The minimum absolute atomic E-state index is 0.0116. The lowest BCUT2D eigenvalue weighted by molar-refractivity contribution is -0.0110. The topological polar surface area (TPSA) is 108 Å². The number of benzene rings is 2. The molecule has 2 aliphatic heterocycles. The molecule has 11 heteroatoms. The first-order valence-corrected chi connectivity index (χ1v) is 18.0. The first-order chi connectivity index (χ1) is 21.6. The zero-order chi connectivity index (χ0) is 31.7. The van der Waals surface area contributed by atoms with Crippen molar-refractivity contribution in [3.8, 4) is 5.75 Å². The number of aryl methyl sites for hydroxylation is 1. The number of hydrogen-bond acceptors (Lipinski definition) is 7. The van der Waals surface area contributed by atoms with Gasteiger partial charge in [-0.15, -0.1) is 0 Å². The largest absolute Gasteiger partial charge is 0.487 e. The molecule has 2 aromatic rings. The SMILES string of the molecule is COC1CC(N2[C@@H](C)C/C=C/C(O)[C@@H]3CC[C@H]3CN3CCCCc4cc(Cl)ccc4COc4ccc(cc43)C(=O)NS2(=O)=O)C1. The van der Waals surface area contributed by atoms with Gasteiger partial charge < -0.3 is 19.5 Å². The number of carbonyl (C=O) groups excluding carboxylic acids is 1. The predicted octanol–water partition coefficient (Wildman–Crippen LogP) is 5.25. The molecule has 244 valence electrons. The van der Waals surface area contributed by atoms with Crippen LogP contribution in [-0.2, 0) is 28.0 Å². The standard InChI is InChI=1S/C34H44ClN3O6S/c1-22-6-5-8-32(39)30-13-10-25(30)20-37-15-4-3-7-23-16-27(35)12-9-26(23)21-44-33-14-11-24(17-31(33)37)34(40)36-45(41,42)38(22)28-18-29(19-28)43-2/h5,8-9,11-12,14,16-17,22,25,28-30,32,39H,3-4,6-7,10,13,15,18-21H2,1-2H3,(H,36,40)/b8-5+/t22-,25-,28?,29?,30+,32?/m0/s1. The fourth-order valence-electron chi connectivity index (χ4n) is 7.26. The summed E-state index contributed by atoms with van der Waals surface area (Å²) in [6.07, 6.45) is 9.33. The minimum atomic E-state index is -4.19. The third kappa shape index (κ3) is 7.05. The number of nitrogens with one attached hydrogen (secondary N) is 1. The van der Waals surface area contributed by atoms with Crippen LogP contribution >= 0.6 is 11.6 Å². The van der Waals surface area contributed by atoms with Gasteiger partial charge >= 0.3 is 10.2 Å². The lowest BCUT2D eigenvalue weighted by atomic mass is 9.70. The van der Waals surface area contributed by atoms with Crippen molar-refractivity contribution >= 4 is 33.4 Å². The second-order valence-corrected chi connectivity index (χ2v) is 15.1. The van der Waals surface area contributed by atoms with Crippen molar-refractivity contribution in [3.63, 3.8) is 0 Å². The summed E-state index contributed by atoms with van der Waals surface area (Å²) >= 11 is 6.32. The molecule has 0 aromatic heterocycles. The Labute approximate surface area is 271 Å². The van der Waals surface area contributed by atoms with Crippen LogP contribution in [0.3, 0.4) is 0 Å². The lowest BCUT2D eigenvalue weighted by Crippen LogP contribution is -2.57. The zero-order valence-corrected chi connectivity index (χ0v) is 27.6. The summed E-state index contributed by atoms with van der Waals surface area (Å²) in [6, 6.07) is 10.3. The second-order valence-electron chi connectivity index (χ2n) is 13.0. The summed E-state index contributed by atoms with van der Waals surface area (Å²) in [5.74, 6) is 0.342. The summed E-state index contributed by atoms with van der Waals surface area (Å²) in [5.41, 5.74) is 3.24. The van der Waals surface area contributed by atoms with Crippen molar-refractivity contribution < 1.29 is 27.8 Å². The Bertz CT molecular complexity index is 1530. The maximum atomic E-state index is 13.8. The molecule has 0 radical (unpaired) electrons. The second kappa shape index (κ2) is 13.6. The predicted molar refractivity (Wildman–Crippen MR) is 175 cm³/mol. The van der Waals surface area contributed by atoms with Crippen molar-refractivity contribution in [2.24, 2.45) is 11.8 Å². The average molecular weight is 658 g/mol. The minimum Gasteiger partial charge on any atom is -0.487 e. The van der Waals surface area contributed by atoms with Gasteiger partial charge in [-0.25, -0.2) is 4.72 Å². The highest BCUT2D eigenvalue weighted by Gasteiger charge is 2.43.